The van der Waals surface area contributed by atoms with Crippen molar-refractivity contribution < 1.29 is 9.42 Å². The van der Waals surface area contributed by atoms with Crippen LogP contribution in [-0.4, -0.2) is 24.4 Å². The molecule has 1 aromatic rings. The van der Waals surface area contributed by atoms with Crippen LogP contribution in [0.15, 0.2) is 28.7 Å². The summed E-state index contributed by atoms with van der Waals surface area (Å²) in [6, 6.07) is 6.77. The number of benzene rings is 1. The van der Waals surface area contributed by atoms with Crippen molar-refractivity contribution in [2.75, 3.05) is 0 Å². The summed E-state index contributed by atoms with van der Waals surface area (Å²) in [4.78, 5) is 0. The Bertz CT molecular complexity index is 259. The first-order valence-corrected chi connectivity index (χ1v) is 6.80. The van der Waals surface area contributed by atoms with Gasteiger partial charge in [-0.1, -0.05) is 0 Å². The van der Waals surface area contributed by atoms with E-state index in [4.69, 9.17) is 3.39 Å². The van der Waals surface area contributed by atoms with Gasteiger partial charge in [0.25, 0.3) is 0 Å². The molecule has 0 amide bonds. The third kappa shape index (κ3) is 3.32. The summed E-state index contributed by atoms with van der Waals surface area (Å²) in [6.07, 6.45) is 0. The van der Waals surface area contributed by atoms with Crippen LogP contribution in [0.1, 0.15) is 0 Å². The molecule has 1 aromatic carbocycles. The Morgan fingerprint density at radius 1 is 1.36 bits per heavy atom. The van der Waals surface area contributed by atoms with Gasteiger partial charge < -0.3 is 0 Å². The molecule has 0 bridgehead atoms. The molecule has 0 heterocycles. The Morgan fingerprint density at radius 2 is 1.91 bits per heavy atom. The van der Waals surface area contributed by atoms with E-state index in [1.807, 2.05) is 0 Å². The van der Waals surface area contributed by atoms with E-state index in [1.165, 1.54) is 0 Å². The van der Waals surface area contributed by atoms with Gasteiger partial charge in [-0.15, -0.1) is 0 Å². The van der Waals surface area contributed by atoms with Crippen molar-refractivity contribution in [3.63, 3.8) is 0 Å². The molecular formula is C6H5BrO3Sb. The van der Waals surface area contributed by atoms with Crippen molar-refractivity contribution in [2.45, 2.75) is 0 Å². The molecule has 1 rings (SSSR count). The van der Waals surface area contributed by atoms with Crippen molar-refractivity contribution >= 4 is 37.0 Å². The molecule has 0 saturated heterocycles. The second kappa shape index (κ2) is 4.19. The zero-order valence-electron chi connectivity index (χ0n) is 5.40. The molecule has 0 aromatic heterocycles. The topological polar surface area (TPSA) is 46.5 Å². The van der Waals surface area contributed by atoms with Crippen molar-refractivity contribution in [3.8, 4) is 5.75 Å². The molecule has 0 aliphatic heterocycles. The fourth-order valence-corrected chi connectivity index (χ4v) is 1.71. The predicted molar refractivity (Wildman–Crippen MR) is 43.4 cm³/mol. The van der Waals surface area contributed by atoms with Crippen LogP contribution in [0.5, 0.6) is 5.75 Å². The number of rotatable bonds is 2. The molecule has 0 spiro atoms. The molecule has 3 nitrogen and oxygen atoms in total. The van der Waals surface area contributed by atoms with Gasteiger partial charge in [0.1, 0.15) is 0 Å². The first kappa shape index (κ1) is 9.17. The van der Waals surface area contributed by atoms with Crippen molar-refractivity contribution in [2.24, 2.45) is 0 Å². The van der Waals surface area contributed by atoms with E-state index in [-0.39, 0.29) is 0 Å². The Balaban J connectivity index is 2.74. The van der Waals surface area contributed by atoms with E-state index < -0.39 is 21.0 Å². The predicted octanol–water partition coefficient (Wildman–Crippen LogP) is 1.24. The van der Waals surface area contributed by atoms with Crippen LogP contribution >= 0.6 is 15.9 Å². The van der Waals surface area contributed by atoms with E-state index in [0.717, 1.165) is 4.47 Å². The third-order valence-electron chi connectivity index (χ3n) is 0.997. The molecule has 0 fully saturated rings. The van der Waals surface area contributed by atoms with Gasteiger partial charge in [-0.3, -0.25) is 0 Å². The second-order valence-corrected chi connectivity index (χ2v) is 4.58. The minimum atomic E-state index is -3.55. The average Bonchev–Trinajstić information content (AvgIpc) is 1.93. The molecule has 1 N–H and O–H groups in total. The zero-order valence-corrected chi connectivity index (χ0v) is 9.54. The first-order valence-electron chi connectivity index (χ1n) is 2.78. The summed E-state index contributed by atoms with van der Waals surface area (Å²) < 4.78 is 24.3. The molecule has 0 saturated carbocycles. The van der Waals surface area contributed by atoms with Gasteiger partial charge in [0.15, 0.2) is 0 Å². The first-order chi connectivity index (χ1) is 5.18. The minimum absolute atomic E-state index is 0.439. The van der Waals surface area contributed by atoms with Crippen molar-refractivity contribution in [1.82, 2.24) is 0 Å². The van der Waals surface area contributed by atoms with Crippen molar-refractivity contribution in [1.29, 1.82) is 0 Å². The van der Waals surface area contributed by atoms with Crippen LogP contribution in [0, 0.1) is 0 Å². The Morgan fingerprint density at radius 3 is 2.36 bits per heavy atom. The summed E-state index contributed by atoms with van der Waals surface area (Å²) in [7, 11) is 0. The Labute approximate surface area is 80.6 Å². The summed E-state index contributed by atoms with van der Waals surface area (Å²) in [5.41, 5.74) is 0. The molecular weight excluding hydrogens is 322 g/mol. The molecule has 5 heteroatoms. The Hall–Kier alpha value is 0.0782. The van der Waals surface area contributed by atoms with Gasteiger partial charge in [0, 0.05) is 0 Å². The monoisotopic (exact) mass is 325 g/mol. The number of hydrogen-bond acceptors (Lipinski definition) is 2. The van der Waals surface area contributed by atoms with Gasteiger partial charge in [0.05, 0.1) is 0 Å². The van der Waals surface area contributed by atoms with E-state index in [9.17, 15) is 3.02 Å². The van der Waals surface area contributed by atoms with Gasteiger partial charge in [-0.2, -0.15) is 0 Å². The van der Waals surface area contributed by atoms with Gasteiger partial charge >= 0.3 is 80.9 Å². The second-order valence-electron chi connectivity index (χ2n) is 1.78. The standard InChI is InChI=1S/C6H5BrO.H2O.O.Sb/c7-5-1-3-6(8)4-2-5;;;/h1-4,8H;1H2;;/q;;;+2/p-2. The van der Waals surface area contributed by atoms with Crippen LogP contribution in [0.2, 0.25) is 0 Å². The van der Waals surface area contributed by atoms with Crippen LogP contribution in [0.25, 0.3) is 0 Å². The van der Waals surface area contributed by atoms with Gasteiger partial charge in [-0.05, 0) is 0 Å². The van der Waals surface area contributed by atoms with E-state index in [2.05, 4.69) is 18.9 Å². The van der Waals surface area contributed by atoms with Crippen molar-refractivity contribution in [3.05, 3.63) is 28.7 Å². The third-order valence-corrected chi connectivity index (χ3v) is 2.57. The fourth-order valence-electron chi connectivity index (χ4n) is 0.586. The molecule has 1 radical (unpaired) electrons. The molecule has 0 unspecified atom stereocenters. The van der Waals surface area contributed by atoms with Gasteiger partial charge in [-0.25, -0.2) is 0 Å². The maximum atomic E-state index is 10.3. The number of hydrogen-bond donors (Lipinski definition) is 1. The van der Waals surface area contributed by atoms with Crippen LogP contribution in [0.4, 0.5) is 0 Å². The van der Waals surface area contributed by atoms with Gasteiger partial charge in [0.2, 0.25) is 0 Å². The SMILES string of the molecule is [O]=[Sb]([OH])[O]c1ccc(Br)cc1. The quantitative estimate of drug-likeness (QED) is 0.832. The molecule has 59 valence electrons. The molecule has 0 aliphatic carbocycles. The van der Waals surface area contributed by atoms with Crippen LogP contribution < -0.4 is 3.02 Å². The number of halogens is 1. The van der Waals surface area contributed by atoms with Crippen LogP contribution in [0.3, 0.4) is 0 Å². The molecule has 0 atom stereocenters. The average molecular weight is 327 g/mol. The normalized spacial score (nSPS) is 9.27. The summed E-state index contributed by atoms with van der Waals surface area (Å²) in [5, 5.41) is 0. The Kier molecular flexibility index (Phi) is 3.49. The van der Waals surface area contributed by atoms with Crippen LogP contribution in [-0.2, 0) is 3.02 Å². The molecule has 11 heavy (non-hydrogen) atoms. The zero-order chi connectivity index (χ0) is 8.27. The van der Waals surface area contributed by atoms with E-state index >= 15 is 0 Å². The molecule has 0 aliphatic rings. The maximum absolute atomic E-state index is 10.3. The summed E-state index contributed by atoms with van der Waals surface area (Å²) >= 11 is -0.324. The van der Waals surface area contributed by atoms with E-state index in [1.54, 1.807) is 24.3 Å². The summed E-state index contributed by atoms with van der Waals surface area (Å²) in [6.45, 7) is 0. The fraction of sp³-hybridized carbons (Fsp3) is 0. The van der Waals surface area contributed by atoms with E-state index in [0.29, 0.717) is 5.75 Å². The summed E-state index contributed by atoms with van der Waals surface area (Å²) in [5.74, 6) is 0.439.